The van der Waals surface area contributed by atoms with Crippen LogP contribution in [0.4, 0.5) is 4.39 Å². The van der Waals surface area contributed by atoms with Gasteiger partial charge in [0.2, 0.25) is 0 Å². The third kappa shape index (κ3) is 4.00. The summed E-state index contributed by atoms with van der Waals surface area (Å²) in [7, 11) is 1.47. The maximum Gasteiger partial charge on any atom is 0.165 e. The van der Waals surface area contributed by atoms with E-state index < -0.39 is 0 Å². The van der Waals surface area contributed by atoms with Gasteiger partial charge in [0.15, 0.2) is 11.6 Å². The Kier molecular flexibility index (Phi) is 5.42. The monoisotopic (exact) mass is 239 g/mol. The van der Waals surface area contributed by atoms with Crippen molar-refractivity contribution in [2.45, 2.75) is 33.2 Å². The quantitative estimate of drug-likeness (QED) is 0.820. The molecule has 0 heterocycles. The highest BCUT2D eigenvalue weighted by Gasteiger charge is 2.10. The van der Waals surface area contributed by atoms with Gasteiger partial charge in [-0.3, -0.25) is 0 Å². The topological polar surface area (TPSA) is 21.3 Å². The van der Waals surface area contributed by atoms with Crippen LogP contribution in [0.5, 0.6) is 5.75 Å². The molecule has 1 N–H and O–H groups in total. The highest BCUT2D eigenvalue weighted by atomic mass is 19.1. The minimum atomic E-state index is -0.304. The first-order chi connectivity index (χ1) is 8.08. The molecule has 1 rings (SSSR count). The van der Waals surface area contributed by atoms with E-state index in [0.717, 1.165) is 18.5 Å². The number of hydrogen-bond acceptors (Lipinski definition) is 2. The van der Waals surface area contributed by atoms with Crippen molar-refractivity contribution in [3.8, 4) is 5.75 Å². The normalized spacial score (nSPS) is 14.4. The molecule has 0 bridgehead atoms. The van der Waals surface area contributed by atoms with Crippen LogP contribution in [-0.4, -0.2) is 13.7 Å². The van der Waals surface area contributed by atoms with Gasteiger partial charge in [0.1, 0.15) is 0 Å². The van der Waals surface area contributed by atoms with E-state index in [0.29, 0.717) is 11.7 Å². The molecule has 0 aromatic heterocycles. The molecule has 3 heteroatoms. The Labute approximate surface area is 103 Å². The summed E-state index contributed by atoms with van der Waals surface area (Å²) in [5.74, 6) is 0.630. The zero-order valence-electron chi connectivity index (χ0n) is 11.1. The molecule has 2 nitrogen and oxygen atoms in total. The molecule has 0 fully saturated rings. The average molecular weight is 239 g/mol. The Balaban J connectivity index is 2.63. The molecule has 0 aliphatic carbocycles. The van der Waals surface area contributed by atoms with Crippen molar-refractivity contribution in [1.29, 1.82) is 0 Å². The molecule has 0 spiro atoms. The van der Waals surface area contributed by atoms with E-state index in [1.807, 2.05) is 13.0 Å². The van der Waals surface area contributed by atoms with E-state index >= 15 is 0 Å². The van der Waals surface area contributed by atoms with Crippen molar-refractivity contribution in [3.63, 3.8) is 0 Å². The van der Waals surface area contributed by atoms with Crippen molar-refractivity contribution in [1.82, 2.24) is 5.32 Å². The number of benzene rings is 1. The Morgan fingerprint density at radius 1 is 1.35 bits per heavy atom. The van der Waals surface area contributed by atoms with Gasteiger partial charge in [0.05, 0.1) is 7.11 Å². The molecule has 2 unspecified atom stereocenters. The van der Waals surface area contributed by atoms with Gasteiger partial charge in [0, 0.05) is 6.04 Å². The van der Waals surface area contributed by atoms with Crippen LogP contribution in [0.3, 0.4) is 0 Å². The number of ether oxygens (including phenoxy) is 1. The van der Waals surface area contributed by atoms with E-state index in [4.69, 9.17) is 4.74 Å². The van der Waals surface area contributed by atoms with E-state index in [-0.39, 0.29) is 11.9 Å². The highest BCUT2D eigenvalue weighted by molar-refractivity contribution is 5.30. The van der Waals surface area contributed by atoms with Gasteiger partial charge in [-0.1, -0.05) is 26.3 Å². The Hall–Kier alpha value is -1.09. The molecule has 0 saturated carbocycles. The summed E-state index contributed by atoms with van der Waals surface area (Å²) in [4.78, 5) is 0. The molecule has 17 heavy (non-hydrogen) atoms. The molecule has 96 valence electrons. The third-order valence-electron chi connectivity index (χ3n) is 3.15. The first kappa shape index (κ1) is 14.0. The number of hydrogen-bond donors (Lipinski definition) is 1. The summed E-state index contributed by atoms with van der Waals surface area (Å²) in [6, 6.07) is 5.26. The van der Waals surface area contributed by atoms with Gasteiger partial charge in [-0.15, -0.1) is 0 Å². The van der Waals surface area contributed by atoms with Crippen LogP contribution in [0.25, 0.3) is 0 Å². The minimum Gasteiger partial charge on any atom is -0.494 e. The number of methoxy groups -OCH3 is 1. The predicted octanol–water partition coefficient (Wildman–Crippen LogP) is 3.53. The molecule has 2 atom stereocenters. The van der Waals surface area contributed by atoms with Gasteiger partial charge in [-0.25, -0.2) is 4.39 Å². The van der Waals surface area contributed by atoms with Crippen LogP contribution in [-0.2, 0) is 0 Å². The molecule has 0 amide bonds. The number of rotatable bonds is 6. The molecular weight excluding hydrogens is 217 g/mol. The highest BCUT2D eigenvalue weighted by Crippen LogP contribution is 2.21. The smallest absolute Gasteiger partial charge is 0.165 e. The lowest BCUT2D eigenvalue weighted by Gasteiger charge is -2.17. The van der Waals surface area contributed by atoms with Gasteiger partial charge < -0.3 is 10.1 Å². The summed E-state index contributed by atoms with van der Waals surface area (Å²) >= 11 is 0. The third-order valence-corrected chi connectivity index (χ3v) is 3.15. The van der Waals surface area contributed by atoms with Crippen LogP contribution in [0.2, 0.25) is 0 Å². The van der Waals surface area contributed by atoms with Crippen molar-refractivity contribution in [2.75, 3.05) is 13.7 Å². The summed E-state index contributed by atoms with van der Waals surface area (Å²) in [5.41, 5.74) is 0.951. The standard InChI is InChI=1S/C14H22FNO/c1-5-10(2)9-16-11(3)12-6-7-14(17-4)13(15)8-12/h6-8,10-11,16H,5,9H2,1-4H3. The van der Waals surface area contributed by atoms with Crippen LogP contribution in [0, 0.1) is 11.7 Å². The lowest BCUT2D eigenvalue weighted by Crippen LogP contribution is -2.24. The molecule has 0 aliphatic heterocycles. The Morgan fingerprint density at radius 2 is 2.06 bits per heavy atom. The molecule has 0 saturated heterocycles. The predicted molar refractivity (Wildman–Crippen MR) is 68.8 cm³/mol. The second kappa shape index (κ2) is 6.60. The maximum absolute atomic E-state index is 13.5. The lowest BCUT2D eigenvalue weighted by molar-refractivity contribution is 0.385. The van der Waals surface area contributed by atoms with E-state index in [9.17, 15) is 4.39 Å². The van der Waals surface area contributed by atoms with Gasteiger partial charge >= 0.3 is 0 Å². The van der Waals surface area contributed by atoms with Gasteiger partial charge in [-0.05, 0) is 37.1 Å². The summed E-state index contributed by atoms with van der Waals surface area (Å²) < 4.78 is 18.4. The fourth-order valence-corrected chi connectivity index (χ4v) is 1.59. The van der Waals surface area contributed by atoms with Crippen molar-refractivity contribution in [3.05, 3.63) is 29.6 Å². The molecule has 0 radical (unpaired) electrons. The van der Waals surface area contributed by atoms with Crippen LogP contribution in [0.15, 0.2) is 18.2 Å². The first-order valence-corrected chi connectivity index (χ1v) is 6.15. The fourth-order valence-electron chi connectivity index (χ4n) is 1.59. The van der Waals surface area contributed by atoms with Gasteiger partial charge in [0.25, 0.3) is 0 Å². The molecule has 1 aromatic carbocycles. The molecule has 0 aliphatic rings. The van der Waals surface area contributed by atoms with E-state index in [1.54, 1.807) is 6.07 Å². The average Bonchev–Trinajstić information content (AvgIpc) is 2.35. The minimum absolute atomic E-state index is 0.157. The SMILES string of the molecule is CCC(C)CNC(C)c1ccc(OC)c(F)c1. The largest absolute Gasteiger partial charge is 0.494 e. The number of nitrogens with one attached hydrogen (secondary N) is 1. The van der Waals surface area contributed by atoms with Crippen molar-refractivity contribution >= 4 is 0 Å². The van der Waals surface area contributed by atoms with Crippen molar-refractivity contribution < 1.29 is 9.13 Å². The first-order valence-electron chi connectivity index (χ1n) is 6.15. The van der Waals surface area contributed by atoms with E-state index in [2.05, 4.69) is 19.2 Å². The Morgan fingerprint density at radius 3 is 2.59 bits per heavy atom. The number of halogens is 1. The lowest BCUT2D eigenvalue weighted by atomic mass is 10.1. The summed E-state index contributed by atoms with van der Waals surface area (Å²) in [5, 5.41) is 3.41. The molecular formula is C14H22FNO. The second-order valence-corrected chi connectivity index (χ2v) is 4.54. The van der Waals surface area contributed by atoms with Crippen molar-refractivity contribution in [2.24, 2.45) is 5.92 Å². The van der Waals surface area contributed by atoms with Crippen LogP contribution >= 0.6 is 0 Å². The summed E-state index contributed by atoms with van der Waals surface area (Å²) in [6.07, 6.45) is 1.15. The van der Waals surface area contributed by atoms with Crippen LogP contribution in [0.1, 0.15) is 38.8 Å². The van der Waals surface area contributed by atoms with E-state index in [1.165, 1.54) is 13.2 Å². The summed E-state index contributed by atoms with van der Waals surface area (Å²) in [6.45, 7) is 7.37. The van der Waals surface area contributed by atoms with Gasteiger partial charge in [-0.2, -0.15) is 0 Å². The van der Waals surface area contributed by atoms with Crippen LogP contribution < -0.4 is 10.1 Å². The zero-order valence-corrected chi connectivity index (χ0v) is 11.1. The maximum atomic E-state index is 13.5. The zero-order chi connectivity index (χ0) is 12.8. The second-order valence-electron chi connectivity index (χ2n) is 4.54. The Bertz CT molecular complexity index is 354. The molecule has 1 aromatic rings. The fraction of sp³-hybridized carbons (Fsp3) is 0.571.